The molecule has 0 spiro atoms. The van der Waals surface area contributed by atoms with Crippen molar-refractivity contribution in [2.75, 3.05) is 6.61 Å². The third kappa shape index (κ3) is 6.99. The lowest BCUT2D eigenvalue weighted by Gasteiger charge is -2.20. The highest BCUT2D eigenvalue weighted by molar-refractivity contribution is 7.89. The van der Waals surface area contributed by atoms with Crippen molar-refractivity contribution in [3.05, 3.63) is 65.7 Å². The van der Waals surface area contributed by atoms with Crippen molar-refractivity contribution < 1.29 is 22.7 Å². The average Bonchev–Trinajstić information content (AvgIpc) is 2.65. The fraction of sp³-hybridized carbons (Fsp3) is 0.333. The van der Waals surface area contributed by atoms with Crippen LogP contribution in [0.1, 0.15) is 49.7 Å². The zero-order valence-corrected chi connectivity index (χ0v) is 17.7. The quantitative estimate of drug-likeness (QED) is 0.673. The lowest BCUT2D eigenvalue weighted by atomic mass is 10.1. The van der Waals surface area contributed by atoms with Gasteiger partial charge in [0.05, 0.1) is 10.5 Å². The van der Waals surface area contributed by atoms with Gasteiger partial charge in [-0.3, -0.25) is 4.79 Å². The summed E-state index contributed by atoms with van der Waals surface area (Å²) in [6.45, 7) is 6.72. The predicted octanol–water partition coefficient (Wildman–Crippen LogP) is 2.80. The SMILES string of the molecule is C[C@@H](NS(=O)(=O)c1cccc(C(=O)OCC(=O)NC(C)(C)C)c1)c1ccccc1. The highest BCUT2D eigenvalue weighted by atomic mass is 32.2. The maximum absolute atomic E-state index is 12.7. The molecular weight excluding hydrogens is 392 g/mol. The van der Waals surface area contributed by atoms with Crippen LogP contribution in [0, 0.1) is 0 Å². The van der Waals surface area contributed by atoms with Crippen molar-refractivity contribution in [1.82, 2.24) is 10.0 Å². The first-order valence-electron chi connectivity index (χ1n) is 9.13. The number of benzene rings is 2. The van der Waals surface area contributed by atoms with Gasteiger partial charge < -0.3 is 10.1 Å². The van der Waals surface area contributed by atoms with Crippen LogP contribution in [0.5, 0.6) is 0 Å². The number of hydrogen-bond acceptors (Lipinski definition) is 5. The molecule has 2 aromatic carbocycles. The normalized spacial score (nSPS) is 12.8. The van der Waals surface area contributed by atoms with Crippen LogP contribution in [0.15, 0.2) is 59.5 Å². The fourth-order valence-corrected chi connectivity index (χ4v) is 3.85. The molecule has 8 heteroatoms. The maximum atomic E-state index is 12.7. The van der Waals surface area contributed by atoms with Gasteiger partial charge in [-0.1, -0.05) is 36.4 Å². The number of esters is 1. The van der Waals surface area contributed by atoms with Gasteiger partial charge in [-0.05, 0) is 51.5 Å². The molecule has 0 aliphatic heterocycles. The third-order valence-electron chi connectivity index (χ3n) is 3.86. The minimum Gasteiger partial charge on any atom is -0.452 e. The molecule has 1 atom stereocenters. The Balaban J connectivity index is 2.07. The van der Waals surface area contributed by atoms with Crippen molar-refractivity contribution >= 4 is 21.9 Å². The van der Waals surface area contributed by atoms with Gasteiger partial charge in [-0.15, -0.1) is 0 Å². The summed E-state index contributed by atoms with van der Waals surface area (Å²) in [4.78, 5) is 23.9. The van der Waals surface area contributed by atoms with E-state index in [4.69, 9.17) is 4.74 Å². The number of sulfonamides is 1. The molecule has 1 amide bonds. The van der Waals surface area contributed by atoms with Crippen LogP contribution in [0.3, 0.4) is 0 Å². The Morgan fingerprint density at radius 2 is 1.69 bits per heavy atom. The second-order valence-electron chi connectivity index (χ2n) is 7.66. The molecular formula is C21H26N2O5S. The van der Waals surface area contributed by atoms with E-state index in [0.29, 0.717) is 0 Å². The molecule has 7 nitrogen and oxygen atoms in total. The zero-order valence-electron chi connectivity index (χ0n) is 16.9. The number of rotatable bonds is 7. The smallest absolute Gasteiger partial charge is 0.338 e. The highest BCUT2D eigenvalue weighted by Gasteiger charge is 2.21. The van der Waals surface area contributed by atoms with Crippen LogP contribution in [0.2, 0.25) is 0 Å². The second kappa shape index (κ2) is 9.19. The summed E-state index contributed by atoms with van der Waals surface area (Å²) in [7, 11) is -3.86. The van der Waals surface area contributed by atoms with E-state index in [1.54, 1.807) is 6.92 Å². The van der Waals surface area contributed by atoms with Gasteiger partial charge in [-0.25, -0.2) is 17.9 Å². The summed E-state index contributed by atoms with van der Waals surface area (Å²) in [5.74, 6) is -1.21. The van der Waals surface area contributed by atoms with E-state index >= 15 is 0 Å². The van der Waals surface area contributed by atoms with Crippen molar-refractivity contribution in [2.45, 2.75) is 44.2 Å². The molecule has 0 heterocycles. The second-order valence-corrected chi connectivity index (χ2v) is 9.37. The van der Waals surface area contributed by atoms with Gasteiger partial charge in [0.1, 0.15) is 0 Å². The highest BCUT2D eigenvalue weighted by Crippen LogP contribution is 2.18. The number of nitrogens with one attached hydrogen (secondary N) is 2. The molecule has 2 aromatic rings. The first-order valence-corrected chi connectivity index (χ1v) is 10.6. The maximum Gasteiger partial charge on any atom is 0.338 e. The molecule has 0 bridgehead atoms. The average molecular weight is 419 g/mol. The van der Waals surface area contributed by atoms with E-state index in [2.05, 4.69) is 10.0 Å². The Hall–Kier alpha value is -2.71. The van der Waals surface area contributed by atoms with E-state index in [1.165, 1.54) is 24.3 Å². The van der Waals surface area contributed by atoms with Crippen molar-refractivity contribution in [1.29, 1.82) is 0 Å². The summed E-state index contributed by atoms with van der Waals surface area (Å²) in [5.41, 5.74) is 0.416. The number of carbonyl (C=O) groups excluding carboxylic acids is 2. The number of carbonyl (C=O) groups is 2. The topological polar surface area (TPSA) is 102 Å². The molecule has 0 radical (unpaired) electrons. The lowest BCUT2D eigenvalue weighted by molar-refractivity contribution is -0.125. The minimum atomic E-state index is -3.86. The third-order valence-corrected chi connectivity index (χ3v) is 5.40. The number of hydrogen-bond donors (Lipinski definition) is 2. The van der Waals surface area contributed by atoms with E-state index < -0.39 is 40.1 Å². The Kier molecular flexibility index (Phi) is 7.16. The predicted molar refractivity (Wildman–Crippen MR) is 110 cm³/mol. The number of ether oxygens (including phenoxy) is 1. The van der Waals surface area contributed by atoms with Crippen LogP contribution >= 0.6 is 0 Å². The fourth-order valence-electron chi connectivity index (χ4n) is 2.57. The zero-order chi connectivity index (χ0) is 21.7. The van der Waals surface area contributed by atoms with E-state index in [1.807, 2.05) is 51.1 Å². The van der Waals surface area contributed by atoms with Crippen LogP contribution in [0.25, 0.3) is 0 Å². The monoisotopic (exact) mass is 418 g/mol. The Labute approximate surface area is 171 Å². The summed E-state index contributed by atoms with van der Waals surface area (Å²) >= 11 is 0. The van der Waals surface area contributed by atoms with Crippen molar-refractivity contribution in [3.8, 4) is 0 Å². The summed E-state index contributed by atoms with van der Waals surface area (Å²) in [6.07, 6.45) is 0. The molecule has 0 aromatic heterocycles. The molecule has 29 heavy (non-hydrogen) atoms. The van der Waals surface area contributed by atoms with Gasteiger partial charge in [0.2, 0.25) is 10.0 Å². The molecule has 2 rings (SSSR count). The van der Waals surface area contributed by atoms with Crippen LogP contribution in [0.4, 0.5) is 0 Å². The Morgan fingerprint density at radius 1 is 1.03 bits per heavy atom. The van der Waals surface area contributed by atoms with Gasteiger partial charge >= 0.3 is 5.97 Å². The van der Waals surface area contributed by atoms with Gasteiger partial charge in [0.15, 0.2) is 6.61 Å². The summed E-state index contributed by atoms with van der Waals surface area (Å²) < 4.78 is 32.9. The van der Waals surface area contributed by atoms with Crippen molar-refractivity contribution in [3.63, 3.8) is 0 Å². The van der Waals surface area contributed by atoms with Gasteiger partial charge in [0, 0.05) is 11.6 Å². The molecule has 0 unspecified atom stereocenters. The largest absolute Gasteiger partial charge is 0.452 e. The molecule has 2 N–H and O–H groups in total. The van der Waals surface area contributed by atoms with Crippen LogP contribution in [-0.4, -0.2) is 32.4 Å². The molecule has 0 fully saturated rings. The first-order chi connectivity index (χ1) is 13.5. The lowest BCUT2D eigenvalue weighted by Crippen LogP contribution is -2.42. The summed E-state index contributed by atoms with van der Waals surface area (Å²) in [6, 6.07) is 14.2. The van der Waals surface area contributed by atoms with Crippen LogP contribution < -0.4 is 10.0 Å². The Morgan fingerprint density at radius 3 is 2.31 bits per heavy atom. The van der Waals surface area contributed by atoms with Crippen molar-refractivity contribution in [2.24, 2.45) is 0 Å². The minimum absolute atomic E-state index is 0.0452. The van der Waals surface area contributed by atoms with Gasteiger partial charge in [-0.2, -0.15) is 0 Å². The molecule has 0 saturated heterocycles. The van der Waals surface area contributed by atoms with Crippen LogP contribution in [-0.2, 0) is 19.6 Å². The first kappa shape index (κ1) is 22.6. The Bertz CT molecular complexity index is 966. The molecule has 0 saturated carbocycles. The van der Waals surface area contributed by atoms with E-state index in [9.17, 15) is 18.0 Å². The molecule has 0 aliphatic carbocycles. The standard InChI is InChI=1S/C21H26N2O5S/c1-15(16-9-6-5-7-10-16)23-29(26,27)18-12-8-11-17(13-18)20(25)28-14-19(24)22-21(2,3)4/h5-13,15,23H,14H2,1-4H3,(H,22,24)/t15-/m1/s1. The van der Waals surface area contributed by atoms with E-state index in [-0.39, 0.29) is 10.5 Å². The van der Waals surface area contributed by atoms with Gasteiger partial charge in [0.25, 0.3) is 5.91 Å². The summed E-state index contributed by atoms with van der Waals surface area (Å²) in [5, 5.41) is 2.68. The molecule has 156 valence electrons. The number of amides is 1. The van der Waals surface area contributed by atoms with E-state index in [0.717, 1.165) is 5.56 Å². The molecule has 0 aliphatic rings.